The van der Waals surface area contributed by atoms with Crippen molar-refractivity contribution in [1.29, 1.82) is 0 Å². The number of cyclic esters (lactones) is 1. The topological polar surface area (TPSA) is 91.0 Å². The lowest BCUT2D eigenvalue weighted by molar-refractivity contribution is -0.384. The van der Waals surface area contributed by atoms with E-state index in [4.69, 9.17) is 21.1 Å². The van der Waals surface area contributed by atoms with Crippen molar-refractivity contribution in [1.82, 2.24) is 0 Å². The summed E-state index contributed by atoms with van der Waals surface area (Å²) in [5.74, 6) is 0.0767. The fourth-order valence-electron chi connectivity index (χ4n) is 2.53. The molecule has 1 heterocycles. The Bertz CT molecular complexity index is 1080. The zero-order valence-electron chi connectivity index (χ0n) is 15.8. The van der Waals surface area contributed by atoms with Crippen molar-refractivity contribution in [3.05, 3.63) is 69.4 Å². The summed E-state index contributed by atoms with van der Waals surface area (Å²) in [4.78, 5) is 27.0. The highest BCUT2D eigenvalue weighted by molar-refractivity contribution is 14.1. The first-order valence-corrected chi connectivity index (χ1v) is 11.4. The molecule has 0 N–H and O–H groups in total. The molecule has 0 aliphatic carbocycles. The van der Waals surface area contributed by atoms with Gasteiger partial charge in [0, 0.05) is 12.1 Å². The molecule has 0 radical (unpaired) electrons. The number of rotatable bonds is 6. The van der Waals surface area contributed by atoms with Crippen LogP contribution in [0.5, 0.6) is 5.75 Å². The van der Waals surface area contributed by atoms with Crippen LogP contribution < -0.4 is 4.74 Å². The van der Waals surface area contributed by atoms with E-state index in [0.29, 0.717) is 0 Å². The normalized spacial score (nSPS) is 15.7. The maximum absolute atomic E-state index is 12.3. The molecule has 30 heavy (non-hydrogen) atoms. The third-order valence-corrected chi connectivity index (χ3v) is 6.16. The molecule has 1 unspecified atom stereocenters. The number of esters is 1. The summed E-state index contributed by atoms with van der Waals surface area (Å²) in [7, 11) is 0. The second-order valence-corrected chi connectivity index (χ2v) is 9.14. The van der Waals surface area contributed by atoms with Crippen LogP contribution in [-0.2, 0) is 9.53 Å². The molecular formula is C20H15ClI2N2O5. The van der Waals surface area contributed by atoms with Gasteiger partial charge in [-0.2, -0.15) is 0 Å². The van der Waals surface area contributed by atoms with Crippen molar-refractivity contribution in [3.63, 3.8) is 0 Å². The van der Waals surface area contributed by atoms with Crippen LogP contribution in [0.2, 0.25) is 5.02 Å². The fourth-order valence-corrected chi connectivity index (χ4v) is 4.80. The van der Waals surface area contributed by atoms with Gasteiger partial charge in [0.25, 0.3) is 5.69 Å². The minimum atomic E-state index is -0.655. The van der Waals surface area contributed by atoms with Crippen molar-refractivity contribution in [2.45, 2.75) is 26.4 Å². The minimum Gasteiger partial charge on any atom is -0.489 e. The summed E-state index contributed by atoms with van der Waals surface area (Å²) in [6.45, 7) is 4.06. The van der Waals surface area contributed by atoms with E-state index in [1.165, 1.54) is 18.2 Å². The van der Waals surface area contributed by atoms with Gasteiger partial charge in [0.1, 0.15) is 5.75 Å². The Morgan fingerprint density at radius 1 is 1.30 bits per heavy atom. The molecule has 0 bridgehead atoms. The summed E-state index contributed by atoms with van der Waals surface area (Å²) in [5, 5.41) is 11.2. The molecule has 0 amide bonds. The summed E-state index contributed by atoms with van der Waals surface area (Å²) in [5.41, 5.74) is 0.841. The first-order valence-electron chi connectivity index (χ1n) is 8.82. The second-order valence-electron chi connectivity index (χ2n) is 6.41. The predicted octanol–water partition coefficient (Wildman–Crippen LogP) is 5.98. The molecule has 0 aromatic heterocycles. The summed E-state index contributed by atoms with van der Waals surface area (Å²) >= 11 is 10.5. The molecule has 0 fully saturated rings. The first kappa shape index (κ1) is 22.9. The maximum Gasteiger partial charge on any atom is 0.363 e. The third kappa shape index (κ3) is 5.11. The monoisotopic (exact) mass is 652 g/mol. The van der Waals surface area contributed by atoms with Crippen molar-refractivity contribution >= 4 is 80.4 Å². The molecule has 3 rings (SSSR count). The quantitative estimate of drug-likeness (QED) is 0.126. The number of hydrogen-bond donors (Lipinski definition) is 0. The fraction of sp³-hybridized carbons (Fsp3) is 0.200. The highest BCUT2D eigenvalue weighted by atomic mass is 127. The zero-order valence-corrected chi connectivity index (χ0v) is 20.9. The van der Waals surface area contributed by atoms with Crippen LogP contribution in [0.3, 0.4) is 0 Å². The first-order chi connectivity index (χ1) is 14.2. The summed E-state index contributed by atoms with van der Waals surface area (Å²) in [6, 6.07) is 7.63. The third-order valence-electron chi connectivity index (χ3n) is 4.23. The largest absolute Gasteiger partial charge is 0.489 e. The van der Waals surface area contributed by atoms with Crippen LogP contribution >= 0.6 is 56.8 Å². The van der Waals surface area contributed by atoms with Crippen LogP contribution in [0.25, 0.3) is 6.08 Å². The molecule has 156 valence electrons. The average molecular weight is 653 g/mol. The number of hydrogen-bond acceptors (Lipinski definition) is 6. The number of aliphatic imine (C=N–C) groups is 1. The molecule has 1 atom stereocenters. The van der Waals surface area contributed by atoms with Gasteiger partial charge in [0.2, 0.25) is 5.90 Å². The molecular weight excluding hydrogens is 637 g/mol. The predicted molar refractivity (Wildman–Crippen MR) is 131 cm³/mol. The Kier molecular flexibility index (Phi) is 7.34. The highest BCUT2D eigenvalue weighted by Gasteiger charge is 2.27. The van der Waals surface area contributed by atoms with Crippen LogP contribution in [0, 0.1) is 17.3 Å². The van der Waals surface area contributed by atoms with E-state index in [1.54, 1.807) is 6.08 Å². The van der Waals surface area contributed by atoms with Gasteiger partial charge >= 0.3 is 5.97 Å². The highest BCUT2D eigenvalue weighted by Crippen LogP contribution is 2.32. The van der Waals surface area contributed by atoms with E-state index in [2.05, 4.69) is 57.1 Å². The number of ether oxygens (including phenoxy) is 2. The minimum absolute atomic E-state index is 0.0685. The molecule has 10 heteroatoms. The average Bonchev–Trinajstić information content (AvgIpc) is 3.04. The molecule has 2 aromatic carbocycles. The maximum atomic E-state index is 12.3. The van der Waals surface area contributed by atoms with Gasteiger partial charge in [0.05, 0.1) is 28.8 Å². The van der Waals surface area contributed by atoms with Gasteiger partial charge in [0.15, 0.2) is 5.70 Å². The molecule has 1 aliphatic heterocycles. The number of carbonyl (C=O) groups excluding carboxylic acids is 1. The number of carbonyl (C=O) groups is 1. The van der Waals surface area contributed by atoms with Crippen LogP contribution in [0.15, 0.2) is 41.0 Å². The van der Waals surface area contributed by atoms with Gasteiger partial charge in [-0.3, -0.25) is 10.1 Å². The van der Waals surface area contributed by atoms with Gasteiger partial charge < -0.3 is 9.47 Å². The molecule has 7 nitrogen and oxygen atoms in total. The van der Waals surface area contributed by atoms with Crippen LogP contribution in [0.1, 0.15) is 31.4 Å². The summed E-state index contributed by atoms with van der Waals surface area (Å²) in [6.07, 6.45) is 2.58. The molecule has 1 aliphatic rings. The van der Waals surface area contributed by atoms with E-state index >= 15 is 0 Å². The smallest absolute Gasteiger partial charge is 0.363 e. The Hall–Kier alpha value is -1.73. The number of nitro benzene ring substituents is 1. The van der Waals surface area contributed by atoms with Crippen molar-refractivity contribution in [2.75, 3.05) is 0 Å². The number of nitrogens with zero attached hydrogens (tertiary/aromatic N) is 2. The number of benzene rings is 2. The van der Waals surface area contributed by atoms with E-state index in [1.807, 2.05) is 19.1 Å². The number of non-ortho nitro benzene ring substituents is 1. The molecule has 0 saturated carbocycles. The molecule has 0 spiro atoms. The SMILES string of the molecule is CCC(C)Oc1c(I)cc(/C=C2\N=C(c3cc([N+](=O)[O-])ccc3Cl)OC2=O)cc1I. The van der Waals surface area contributed by atoms with E-state index < -0.39 is 10.9 Å². The number of nitro groups is 1. The van der Waals surface area contributed by atoms with Gasteiger partial charge in [-0.05, 0) is 88.4 Å². The van der Waals surface area contributed by atoms with E-state index in [-0.39, 0.29) is 34.0 Å². The van der Waals surface area contributed by atoms with Gasteiger partial charge in [-0.25, -0.2) is 9.79 Å². The Labute approximate surface area is 204 Å². The molecule has 2 aromatic rings. The van der Waals surface area contributed by atoms with Gasteiger partial charge in [-0.1, -0.05) is 18.5 Å². The lowest BCUT2D eigenvalue weighted by Crippen LogP contribution is -2.11. The standard InChI is InChI=1S/C20H15ClI2N2O5/c1-3-10(2)29-18-15(22)6-11(7-16(18)23)8-17-20(26)30-19(24-17)13-9-12(25(27)28)4-5-14(13)21/h4-10H,3H2,1-2H3/b17-8-. The van der Waals surface area contributed by atoms with Crippen molar-refractivity contribution in [2.24, 2.45) is 4.99 Å². The lowest BCUT2D eigenvalue weighted by atomic mass is 10.2. The molecule has 0 saturated heterocycles. The van der Waals surface area contributed by atoms with Crippen LogP contribution in [-0.4, -0.2) is 22.9 Å². The zero-order chi connectivity index (χ0) is 22.0. The number of halogens is 3. The van der Waals surface area contributed by atoms with Crippen LogP contribution in [0.4, 0.5) is 5.69 Å². The van der Waals surface area contributed by atoms with Crippen molar-refractivity contribution in [3.8, 4) is 5.75 Å². The van der Waals surface area contributed by atoms with Gasteiger partial charge in [-0.15, -0.1) is 0 Å². The Morgan fingerprint density at radius 3 is 2.57 bits per heavy atom. The van der Waals surface area contributed by atoms with Crippen molar-refractivity contribution < 1.29 is 19.2 Å². The lowest BCUT2D eigenvalue weighted by Gasteiger charge is -2.16. The summed E-state index contributed by atoms with van der Waals surface area (Å²) < 4.78 is 13.0. The van der Waals surface area contributed by atoms with E-state index in [0.717, 1.165) is 24.9 Å². The Balaban J connectivity index is 1.95. The Morgan fingerprint density at radius 2 is 1.97 bits per heavy atom. The van der Waals surface area contributed by atoms with E-state index in [9.17, 15) is 14.9 Å². The second kappa shape index (κ2) is 9.60.